The molecule has 0 heteroatoms. The Bertz CT molecular complexity index is 213. The highest BCUT2D eigenvalue weighted by Gasteiger charge is 2.05. The quantitative estimate of drug-likeness (QED) is 0.491. The second-order valence-corrected chi connectivity index (χ2v) is 3.04. The Morgan fingerprint density at radius 1 is 1.09 bits per heavy atom. The van der Waals surface area contributed by atoms with Crippen molar-refractivity contribution in [2.45, 2.75) is 25.7 Å². The van der Waals surface area contributed by atoms with E-state index in [-0.39, 0.29) is 0 Å². The summed E-state index contributed by atoms with van der Waals surface area (Å²) in [5, 5.41) is 0. The molecule has 2 radical (unpaired) electrons. The van der Waals surface area contributed by atoms with Gasteiger partial charge >= 0.3 is 0 Å². The molecule has 0 N–H and O–H groups in total. The van der Waals surface area contributed by atoms with E-state index in [2.05, 4.69) is 30.7 Å². The van der Waals surface area contributed by atoms with Gasteiger partial charge in [0, 0.05) is 6.42 Å². The molecule has 0 aromatic heterocycles. The van der Waals surface area contributed by atoms with Crippen molar-refractivity contribution < 1.29 is 0 Å². The Hall–Kier alpha value is -0.780. The van der Waals surface area contributed by atoms with Crippen molar-refractivity contribution in [1.29, 1.82) is 0 Å². The second kappa shape index (κ2) is 3.08. The number of hydrogen-bond acceptors (Lipinski definition) is 0. The van der Waals surface area contributed by atoms with Crippen molar-refractivity contribution in [2.24, 2.45) is 0 Å². The van der Waals surface area contributed by atoms with Crippen molar-refractivity contribution in [1.82, 2.24) is 0 Å². The molecule has 0 unspecified atom stereocenters. The molecule has 0 bridgehead atoms. The average molecular weight is 144 g/mol. The average Bonchev–Trinajstić information content (AvgIpc) is 2.28. The Balaban J connectivity index is 2.33. The molecule has 0 spiro atoms. The number of fused-ring (bicyclic) bond motifs is 1. The highest BCUT2D eigenvalue weighted by molar-refractivity contribution is 5.33. The van der Waals surface area contributed by atoms with E-state index in [1.807, 2.05) is 0 Å². The van der Waals surface area contributed by atoms with Crippen LogP contribution in [-0.4, -0.2) is 0 Å². The van der Waals surface area contributed by atoms with Crippen LogP contribution in [0.25, 0.3) is 0 Å². The number of rotatable bonds is 0. The van der Waals surface area contributed by atoms with Crippen LogP contribution in [0, 0.1) is 6.42 Å². The minimum absolute atomic E-state index is 1.14. The molecule has 0 saturated carbocycles. The van der Waals surface area contributed by atoms with Crippen LogP contribution in [0.2, 0.25) is 0 Å². The maximum absolute atomic E-state index is 3.43. The molecule has 0 heterocycles. The van der Waals surface area contributed by atoms with Crippen LogP contribution in [0.1, 0.15) is 30.4 Å². The molecule has 56 valence electrons. The van der Waals surface area contributed by atoms with Gasteiger partial charge in [0.15, 0.2) is 0 Å². The zero-order valence-corrected chi connectivity index (χ0v) is 6.64. The first-order valence-electron chi connectivity index (χ1n) is 4.28. The molecule has 0 aliphatic heterocycles. The highest BCUT2D eigenvalue weighted by Crippen LogP contribution is 2.20. The number of hydrogen-bond donors (Lipinski definition) is 0. The summed E-state index contributed by atoms with van der Waals surface area (Å²) >= 11 is 0. The van der Waals surface area contributed by atoms with E-state index in [9.17, 15) is 0 Å². The Morgan fingerprint density at radius 3 is 3.00 bits per heavy atom. The van der Waals surface area contributed by atoms with Crippen molar-refractivity contribution in [3.05, 3.63) is 41.8 Å². The van der Waals surface area contributed by atoms with Crippen molar-refractivity contribution >= 4 is 0 Å². The number of benzene rings is 1. The van der Waals surface area contributed by atoms with Gasteiger partial charge in [-0.3, -0.25) is 0 Å². The smallest absolute Gasteiger partial charge is 0.0167 e. The van der Waals surface area contributed by atoms with E-state index in [4.69, 9.17) is 0 Å². The van der Waals surface area contributed by atoms with E-state index < -0.39 is 0 Å². The molecule has 0 saturated heterocycles. The predicted octanol–water partition coefficient (Wildman–Crippen LogP) is 2.84. The van der Waals surface area contributed by atoms with Crippen LogP contribution in [-0.2, 0) is 6.42 Å². The van der Waals surface area contributed by atoms with Gasteiger partial charge in [-0.2, -0.15) is 0 Å². The van der Waals surface area contributed by atoms with Gasteiger partial charge in [-0.15, -0.1) is 0 Å². The summed E-state index contributed by atoms with van der Waals surface area (Å²) in [6.07, 6.45) is 8.42. The molecule has 1 aliphatic rings. The van der Waals surface area contributed by atoms with Crippen molar-refractivity contribution in [3.8, 4) is 0 Å². The zero-order valence-electron chi connectivity index (χ0n) is 6.64. The van der Waals surface area contributed by atoms with Crippen molar-refractivity contribution in [3.63, 3.8) is 0 Å². The second-order valence-electron chi connectivity index (χ2n) is 3.04. The summed E-state index contributed by atoms with van der Waals surface area (Å²) in [5.41, 5.74) is 2.81. The van der Waals surface area contributed by atoms with Gasteiger partial charge in [-0.05, 0) is 30.4 Å². The molecule has 0 atom stereocenters. The third-order valence-corrected chi connectivity index (χ3v) is 2.21. The molecule has 2 rings (SSSR count). The first kappa shape index (κ1) is 6.90. The lowest BCUT2D eigenvalue weighted by Crippen LogP contribution is -1.86. The van der Waals surface area contributed by atoms with Crippen LogP contribution in [0.5, 0.6) is 0 Å². The summed E-state index contributed by atoms with van der Waals surface area (Å²) in [4.78, 5) is 0. The van der Waals surface area contributed by atoms with E-state index in [1.54, 1.807) is 0 Å². The van der Waals surface area contributed by atoms with Crippen LogP contribution >= 0.6 is 0 Å². The third-order valence-electron chi connectivity index (χ3n) is 2.21. The van der Waals surface area contributed by atoms with Crippen LogP contribution < -0.4 is 0 Å². The molecule has 11 heavy (non-hydrogen) atoms. The molecule has 0 fully saturated rings. The minimum atomic E-state index is 1.14. The molecule has 1 aromatic rings. The normalized spacial score (nSPS) is 17.1. The molecule has 1 aromatic carbocycles. The summed E-state index contributed by atoms with van der Waals surface area (Å²) in [6.45, 7) is 0. The van der Waals surface area contributed by atoms with E-state index in [0.717, 1.165) is 6.42 Å². The maximum Gasteiger partial charge on any atom is 0.0167 e. The largest absolute Gasteiger partial charge is 0.0620 e. The predicted molar refractivity (Wildman–Crippen MR) is 46.3 cm³/mol. The molecule has 1 aliphatic carbocycles. The van der Waals surface area contributed by atoms with Gasteiger partial charge in [-0.25, -0.2) is 0 Å². The Morgan fingerprint density at radius 2 is 2.00 bits per heavy atom. The van der Waals surface area contributed by atoms with Crippen LogP contribution in [0.4, 0.5) is 0 Å². The minimum Gasteiger partial charge on any atom is -0.0620 e. The number of aryl methyl sites for hydroxylation is 1. The first-order valence-corrected chi connectivity index (χ1v) is 4.28. The molecular formula is C11H12. The van der Waals surface area contributed by atoms with Crippen molar-refractivity contribution in [2.75, 3.05) is 0 Å². The fraction of sp³-hybridized carbons (Fsp3) is 0.364. The van der Waals surface area contributed by atoms with Gasteiger partial charge in [0.05, 0.1) is 0 Å². The fourth-order valence-corrected chi connectivity index (χ4v) is 1.57. The van der Waals surface area contributed by atoms with Gasteiger partial charge in [0.1, 0.15) is 0 Å². The Labute approximate surface area is 68.3 Å². The van der Waals surface area contributed by atoms with E-state index >= 15 is 0 Å². The third kappa shape index (κ3) is 1.45. The van der Waals surface area contributed by atoms with Gasteiger partial charge in [0.25, 0.3) is 0 Å². The van der Waals surface area contributed by atoms with Gasteiger partial charge in [0.2, 0.25) is 0 Å². The monoisotopic (exact) mass is 144 g/mol. The van der Waals surface area contributed by atoms with Crippen LogP contribution in [0.15, 0.2) is 24.3 Å². The maximum atomic E-state index is 3.43. The highest BCUT2D eigenvalue weighted by atomic mass is 14.1. The molecular weight excluding hydrogens is 132 g/mol. The summed E-state index contributed by atoms with van der Waals surface area (Å²) in [7, 11) is 0. The lowest BCUT2D eigenvalue weighted by atomic mass is 10.0. The van der Waals surface area contributed by atoms with Crippen LogP contribution in [0.3, 0.4) is 0 Å². The summed E-state index contributed by atoms with van der Waals surface area (Å²) in [6, 6.07) is 8.59. The SMILES string of the molecule is [C]1CCCCc2ccccc21. The molecule has 0 nitrogen and oxygen atoms in total. The fourth-order valence-electron chi connectivity index (χ4n) is 1.57. The topological polar surface area (TPSA) is 0 Å². The summed E-state index contributed by atoms with van der Waals surface area (Å²) in [5.74, 6) is 0. The van der Waals surface area contributed by atoms with E-state index in [1.165, 1.54) is 30.4 Å². The zero-order chi connectivity index (χ0) is 7.52. The van der Waals surface area contributed by atoms with Gasteiger partial charge < -0.3 is 0 Å². The summed E-state index contributed by atoms with van der Waals surface area (Å²) < 4.78 is 0. The Kier molecular flexibility index (Phi) is 1.93. The van der Waals surface area contributed by atoms with E-state index in [0.29, 0.717) is 0 Å². The lowest BCUT2D eigenvalue weighted by Gasteiger charge is -2.01. The first-order chi connectivity index (χ1) is 5.47. The lowest BCUT2D eigenvalue weighted by molar-refractivity contribution is 0.755. The standard InChI is InChI=1S/C11H12/c1-2-6-10-8-4-5-9-11(10)7-3-1/h4-5,8-9H,1-3,6H2. The molecule has 0 amide bonds. The van der Waals surface area contributed by atoms with Gasteiger partial charge in [-0.1, -0.05) is 30.7 Å².